The van der Waals surface area contributed by atoms with Crippen LogP contribution >= 0.6 is 0 Å². The number of carbonyl (C=O) groups is 2. The molecule has 0 bridgehead atoms. The molecule has 0 aliphatic carbocycles. The Morgan fingerprint density at radius 2 is 1.95 bits per heavy atom. The van der Waals surface area contributed by atoms with Crippen LogP contribution in [0.1, 0.15) is 54.9 Å². The van der Waals surface area contributed by atoms with Crippen LogP contribution in [0.2, 0.25) is 0 Å². The zero-order valence-electron chi connectivity index (χ0n) is 12.6. The van der Waals surface area contributed by atoms with Crippen molar-refractivity contribution in [1.82, 2.24) is 0 Å². The predicted octanol–water partition coefficient (Wildman–Crippen LogP) is 4.74. The van der Waals surface area contributed by atoms with E-state index in [0.29, 0.717) is 11.1 Å². The molecule has 1 aromatic carbocycles. The summed E-state index contributed by atoms with van der Waals surface area (Å²) >= 11 is 0. The molecule has 0 atom stereocenters. The van der Waals surface area contributed by atoms with Crippen molar-refractivity contribution in [1.29, 1.82) is 0 Å². The Morgan fingerprint density at radius 3 is 2.48 bits per heavy atom. The first-order valence-electron chi connectivity index (χ1n) is 7.22. The van der Waals surface area contributed by atoms with Gasteiger partial charge in [-0.2, -0.15) is 0 Å². The quantitative estimate of drug-likeness (QED) is 0.427. The van der Waals surface area contributed by atoms with Crippen molar-refractivity contribution in [2.45, 2.75) is 39.0 Å². The molecule has 0 fully saturated rings. The Morgan fingerprint density at radius 1 is 1.24 bits per heavy atom. The second kappa shape index (κ2) is 12.9. The summed E-state index contributed by atoms with van der Waals surface area (Å²) < 4.78 is 0. The number of carboxylic acid groups (broad SMARTS) is 1. The van der Waals surface area contributed by atoms with E-state index >= 15 is 0 Å². The molecule has 3 nitrogen and oxygen atoms in total. The van der Waals surface area contributed by atoms with Gasteiger partial charge in [-0.25, -0.2) is 4.79 Å². The van der Waals surface area contributed by atoms with E-state index in [1.807, 2.05) is 6.08 Å². The second-order valence-electron chi connectivity index (χ2n) is 4.51. The summed E-state index contributed by atoms with van der Waals surface area (Å²) in [5, 5.41) is 8.65. The van der Waals surface area contributed by atoms with Crippen LogP contribution in [0.5, 0.6) is 0 Å². The van der Waals surface area contributed by atoms with Crippen molar-refractivity contribution >= 4 is 18.3 Å². The average molecular weight is 288 g/mol. The van der Waals surface area contributed by atoms with Crippen molar-refractivity contribution in [2.24, 2.45) is 0 Å². The second-order valence-corrected chi connectivity index (χ2v) is 4.51. The predicted molar refractivity (Wildman–Crippen MR) is 87.5 cm³/mol. The van der Waals surface area contributed by atoms with Crippen molar-refractivity contribution < 1.29 is 14.7 Å². The van der Waals surface area contributed by atoms with Crippen molar-refractivity contribution in [3.8, 4) is 0 Å². The monoisotopic (exact) mass is 288 g/mol. The molecule has 21 heavy (non-hydrogen) atoms. The van der Waals surface area contributed by atoms with Gasteiger partial charge >= 0.3 is 5.97 Å². The molecule has 0 aliphatic rings. The zero-order chi connectivity index (χ0) is 15.9. The van der Waals surface area contributed by atoms with Crippen LogP contribution in [0.15, 0.2) is 43.0 Å². The van der Waals surface area contributed by atoms with Gasteiger partial charge in [-0.05, 0) is 30.5 Å². The topological polar surface area (TPSA) is 54.4 Å². The number of hydrogen-bond acceptors (Lipinski definition) is 2. The molecule has 1 aromatic rings. The van der Waals surface area contributed by atoms with Gasteiger partial charge in [0.25, 0.3) is 0 Å². The molecule has 0 saturated carbocycles. The number of aromatic carboxylic acids is 1. The van der Waals surface area contributed by atoms with E-state index in [4.69, 9.17) is 5.11 Å². The molecule has 1 rings (SSSR count). The van der Waals surface area contributed by atoms with E-state index in [-0.39, 0.29) is 0 Å². The number of carboxylic acids is 1. The lowest BCUT2D eigenvalue weighted by Crippen LogP contribution is -1.98. The number of hydrogen-bond donors (Lipinski definition) is 1. The first-order chi connectivity index (χ1) is 10.2. The van der Waals surface area contributed by atoms with Gasteiger partial charge in [-0.1, -0.05) is 63.1 Å². The van der Waals surface area contributed by atoms with Gasteiger partial charge in [0.15, 0.2) is 0 Å². The molecule has 0 amide bonds. The lowest BCUT2D eigenvalue weighted by molar-refractivity contribution is -0.104. The Kier molecular flexibility index (Phi) is 11.5. The summed E-state index contributed by atoms with van der Waals surface area (Å²) in [6.45, 7) is 5.71. The van der Waals surface area contributed by atoms with E-state index in [2.05, 4.69) is 13.5 Å². The number of rotatable bonds is 8. The van der Waals surface area contributed by atoms with Gasteiger partial charge in [0, 0.05) is 0 Å². The molecule has 0 unspecified atom stereocenters. The van der Waals surface area contributed by atoms with Crippen LogP contribution in [0.4, 0.5) is 0 Å². The van der Waals surface area contributed by atoms with Crippen molar-refractivity contribution in [3.63, 3.8) is 0 Å². The number of benzene rings is 1. The largest absolute Gasteiger partial charge is 0.478 e. The Balaban J connectivity index is 0.000000384. The minimum atomic E-state index is -0.916. The Labute approximate surface area is 127 Å². The van der Waals surface area contributed by atoms with Crippen LogP contribution in [0, 0.1) is 0 Å². The Hall–Kier alpha value is -2.16. The highest BCUT2D eigenvalue weighted by Gasteiger charge is 2.04. The number of aldehydes is 1. The summed E-state index contributed by atoms with van der Waals surface area (Å²) in [6, 6.07) is 6.75. The Bertz CT molecular complexity index is 461. The minimum absolute atomic E-state index is 0.294. The minimum Gasteiger partial charge on any atom is -0.478 e. The fraction of sp³-hybridized carbons (Fsp3) is 0.333. The number of allylic oxidation sites excluding steroid dienone is 2. The lowest BCUT2D eigenvalue weighted by atomic mass is 10.1. The summed E-state index contributed by atoms with van der Waals surface area (Å²) in [7, 11) is 0. The summed E-state index contributed by atoms with van der Waals surface area (Å²) in [5.41, 5.74) is 0.947. The number of unbranched alkanes of at least 4 members (excludes halogenated alkanes) is 4. The van der Waals surface area contributed by atoms with Gasteiger partial charge in [-0.15, -0.1) is 0 Å². The van der Waals surface area contributed by atoms with Crippen LogP contribution in [0.3, 0.4) is 0 Å². The average Bonchev–Trinajstić information content (AvgIpc) is 2.51. The van der Waals surface area contributed by atoms with Crippen LogP contribution in [-0.2, 0) is 4.79 Å². The van der Waals surface area contributed by atoms with Gasteiger partial charge in [-0.3, -0.25) is 4.79 Å². The van der Waals surface area contributed by atoms with Crippen LogP contribution < -0.4 is 0 Å². The third-order valence-corrected chi connectivity index (χ3v) is 2.85. The molecule has 0 aliphatic heterocycles. The maximum atomic E-state index is 10.5. The number of carbonyl (C=O) groups excluding carboxylic acids is 1. The van der Waals surface area contributed by atoms with Gasteiger partial charge in [0.05, 0.1) is 5.56 Å². The van der Waals surface area contributed by atoms with Crippen LogP contribution in [0.25, 0.3) is 6.08 Å². The molecular weight excluding hydrogens is 264 g/mol. The molecule has 114 valence electrons. The fourth-order valence-electron chi connectivity index (χ4n) is 1.71. The maximum Gasteiger partial charge on any atom is 0.336 e. The molecule has 0 saturated heterocycles. The molecule has 1 N–H and O–H groups in total. The highest BCUT2D eigenvalue weighted by molar-refractivity contribution is 5.91. The first-order valence-corrected chi connectivity index (χ1v) is 7.22. The highest BCUT2D eigenvalue weighted by Crippen LogP contribution is 2.09. The highest BCUT2D eigenvalue weighted by atomic mass is 16.4. The zero-order valence-corrected chi connectivity index (χ0v) is 12.6. The normalized spacial score (nSPS) is 9.76. The van der Waals surface area contributed by atoms with Crippen LogP contribution in [-0.4, -0.2) is 17.4 Å². The fourth-order valence-corrected chi connectivity index (χ4v) is 1.71. The SMILES string of the molecule is C=Cc1ccccc1C(=O)O.CCCCCCC=CC=O. The molecule has 0 radical (unpaired) electrons. The first kappa shape index (κ1) is 18.8. The van der Waals surface area contributed by atoms with Crippen molar-refractivity contribution in [3.05, 3.63) is 54.1 Å². The van der Waals surface area contributed by atoms with Gasteiger partial charge in [0.1, 0.15) is 6.29 Å². The summed E-state index contributed by atoms with van der Waals surface area (Å²) in [5.74, 6) is -0.916. The van der Waals surface area contributed by atoms with Gasteiger partial charge in [0.2, 0.25) is 0 Å². The third-order valence-electron chi connectivity index (χ3n) is 2.85. The maximum absolute atomic E-state index is 10.5. The van der Waals surface area contributed by atoms with E-state index in [1.54, 1.807) is 30.3 Å². The smallest absolute Gasteiger partial charge is 0.336 e. The molecule has 0 aromatic heterocycles. The third kappa shape index (κ3) is 9.38. The van der Waals surface area contributed by atoms with Gasteiger partial charge < -0.3 is 5.11 Å². The molecular formula is C18H24O3. The van der Waals surface area contributed by atoms with E-state index < -0.39 is 5.97 Å². The lowest BCUT2D eigenvalue weighted by Gasteiger charge is -1.97. The summed E-state index contributed by atoms with van der Waals surface area (Å²) in [6.07, 6.45) is 12.0. The molecule has 3 heteroatoms. The van der Waals surface area contributed by atoms with E-state index in [1.165, 1.54) is 31.8 Å². The van der Waals surface area contributed by atoms with E-state index in [9.17, 15) is 9.59 Å². The van der Waals surface area contributed by atoms with E-state index in [0.717, 1.165) is 12.7 Å². The van der Waals surface area contributed by atoms with Crippen molar-refractivity contribution in [2.75, 3.05) is 0 Å². The molecule has 0 heterocycles. The standard InChI is InChI=1S/C9H8O2.C9H16O/c1-2-7-5-3-4-6-8(7)9(10)11;1-2-3-4-5-6-7-8-9-10/h2-6H,1H2,(H,10,11);7-9H,2-6H2,1H3. The molecule has 0 spiro atoms. The summed E-state index contributed by atoms with van der Waals surface area (Å²) in [4.78, 5) is 20.3.